The van der Waals surface area contributed by atoms with Crippen molar-refractivity contribution in [1.29, 1.82) is 0 Å². The van der Waals surface area contributed by atoms with Gasteiger partial charge in [0.05, 0.1) is 0 Å². The van der Waals surface area contributed by atoms with E-state index in [9.17, 15) is 21.2 Å². The molecule has 4 N–H and O–H groups in total. The Morgan fingerprint density at radius 2 is 1.00 bits per heavy atom. The summed E-state index contributed by atoms with van der Waals surface area (Å²) in [5.41, 5.74) is 0.911. The molecule has 0 bridgehead atoms. The summed E-state index contributed by atoms with van der Waals surface area (Å²) in [5, 5.41) is 0.670. The van der Waals surface area contributed by atoms with E-state index in [0.717, 1.165) is 0 Å². The van der Waals surface area contributed by atoms with Crippen LogP contribution >= 0.6 is 0 Å². The molecule has 2 rings (SSSR count). The second-order valence-corrected chi connectivity index (χ2v) is 18.1. The standard InChI is InChI=1S/C17H24As2O5/c1-3-18(21,22)15-9-5-13(6-10-15)17(20)14-7-11-16(12-8-14)19(23,24)4-2/h5-12,18-19,21-24H,3-4H2,1-2H3. The van der Waals surface area contributed by atoms with Crippen molar-refractivity contribution in [2.45, 2.75) is 24.3 Å². The van der Waals surface area contributed by atoms with E-state index in [0.29, 0.717) is 30.2 Å². The summed E-state index contributed by atoms with van der Waals surface area (Å²) >= 11 is -7.80. The van der Waals surface area contributed by atoms with Gasteiger partial charge in [-0.3, -0.25) is 0 Å². The van der Waals surface area contributed by atoms with E-state index in [1.807, 2.05) is 0 Å². The van der Waals surface area contributed by atoms with Crippen LogP contribution in [0.3, 0.4) is 0 Å². The second kappa shape index (κ2) is 7.53. The second-order valence-electron chi connectivity index (χ2n) is 5.82. The maximum absolute atomic E-state index is 12.5. The number of carbonyl (C=O) groups is 1. The molecule has 0 aliphatic carbocycles. The van der Waals surface area contributed by atoms with Gasteiger partial charge in [0, 0.05) is 0 Å². The average Bonchev–Trinajstić information content (AvgIpc) is 2.61. The summed E-state index contributed by atoms with van der Waals surface area (Å²) in [7, 11) is 0. The van der Waals surface area contributed by atoms with Crippen LogP contribution in [0.15, 0.2) is 48.5 Å². The third kappa shape index (κ3) is 4.18. The third-order valence-electron chi connectivity index (χ3n) is 4.20. The van der Waals surface area contributed by atoms with Gasteiger partial charge in [0.15, 0.2) is 0 Å². The van der Waals surface area contributed by atoms with E-state index >= 15 is 0 Å². The van der Waals surface area contributed by atoms with Gasteiger partial charge in [0.2, 0.25) is 0 Å². The van der Waals surface area contributed by atoms with E-state index < -0.39 is 28.5 Å². The Hall–Kier alpha value is -0.933. The predicted molar refractivity (Wildman–Crippen MR) is 99.7 cm³/mol. The molecule has 0 unspecified atom stereocenters. The van der Waals surface area contributed by atoms with Gasteiger partial charge >= 0.3 is 148 Å². The van der Waals surface area contributed by atoms with Crippen molar-refractivity contribution in [3.63, 3.8) is 0 Å². The van der Waals surface area contributed by atoms with Crippen LogP contribution < -0.4 is 8.70 Å². The first-order valence-corrected chi connectivity index (χ1v) is 16.7. The monoisotopic (exact) mass is 458 g/mol. The molecule has 7 heteroatoms. The van der Waals surface area contributed by atoms with Gasteiger partial charge in [-0.25, -0.2) is 0 Å². The number of hydrogen-bond acceptors (Lipinski definition) is 5. The van der Waals surface area contributed by atoms with Crippen molar-refractivity contribution in [3.8, 4) is 0 Å². The molecular formula is C17H24As2O5. The van der Waals surface area contributed by atoms with Crippen LogP contribution in [-0.4, -0.2) is 50.6 Å². The Kier molecular flexibility index (Phi) is 6.08. The van der Waals surface area contributed by atoms with Crippen molar-refractivity contribution in [1.82, 2.24) is 0 Å². The van der Waals surface area contributed by atoms with E-state index in [1.54, 1.807) is 62.4 Å². The van der Waals surface area contributed by atoms with E-state index in [4.69, 9.17) is 0 Å². The topological polar surface area (TPSA) is 98.0 Å². The van der Waals surface area contributed by atoms with E-state index in [-0.39, 0.29) is 5.78 Å². The zero-order valence-corrected chi connectivity index (χ0v) is 17.9. The molecule has 0 saturated carbocycles. The van der Waals surface area contributed by atoms with Crippen LogP contribution in [0.5, 0.6) is 0 Å². The molecule has 24 heavy (non-hydrogen) atoms. The van der Waals surface area contributed by atoms with Crippen molar-refractivity contribution in [3.05, 3.63) is 59.7 Å². The summed E-state index contributed by atoms with van der Waals surface area (Å²) in [6.07, 6.45) is 0. The first-order valence-electron chi connectivity index (χ1n) is 7.86. The summed E-state index contributed by atoms with van der Waals surface area (Å²) < 4.78 is 41.0. The number of rotatable bonds is 6. The van der Waals surface area contributed by atoms with Crippen molar-refractivity contribution < 1.29 is 21.2 Å². The van der Waals surface area contributed by atoms with Gasteiger partial charge in [0.25, 0.3) is 0 Å². The Bertz CT molecular complexity index is 647. The Morgan fingerprint density at radius 1 is 0.708 bits per heavy atom. The van der Waals surface area contributed by atoms with Crippen molar-refractivity contribution >= 4 is 43.0 Å². The molecule has 0 fully saturated rings. The minimum absolute atomic E-state index is 0.191. The van der Waals surface area contributed by atoms with E-state index in [2.05, 4.69) is 0 Å². The van der Waals surface area contributed by atoms with Crippen LogP contribution in [0, 0.1) is 0 Å². The molecule has 0 aliphatic heterocycles. The van der Waals surface area contributed by atoms with Crippen molar-refractivity contribution in [2.75, 3.05) is 0 Å². The fourth-order valence-electron chi connectivity index (χ4n) is 2.35. The summed E-state index contributed by atoms with van der Waals surface area (Å²) in [6, 6.07) is 12.8. The predicted octanol–water partition coefficient (Wildman–Crippen LogP) is -0.310. The number of benzene rings is 2. The average molecular weight is 458 g/mol. The number of ketones is 1. The Balaban J connectivity index is 2.23. The van der Waals surface area contributed by atoms with Gasteiger partial charge in [-0.15, -0.1) is 0 Å². The molecule has 0 aliphatic rings. The summed E-state index contributed by atoms with van der Waals surface area (Å²) in [5.74, 6) is -0.191. The first-order chi connectivity index (χ1) is 11.2. The normalized spacial score (nSPS) is 13.6. The minimum atomic E-state index is -3.90. The zero-order chi connectivity index (χ0) is 18.0. The zero-order valence-electron chi connectivity index (χ0n) is 13.7. The molecule has 132 valence electrons. The molecule has 2 aromatic rings. The van der Waals surface area contributed by atoms with Gasteiger partial charge in [-0.2, -0.15) is 0 Å². The Labute approximate surface area is 147 Å². The van der Waals surface area contributed by atoms with Gasteiger partial charge in [-0.1, -0.05) is 0 Å². The van der Waals surface area contributed by atoms with Crippen LogP contribution in [0.2, 0.25) is 10.4 Å². The van der Waals surface area contributed by atoms with E-state index in [1.165, 1.54) is 0 Å². The molecule has 0 atom stereocenters. The number of hydrogen-bond donors (Lipinski definition) is 4. The molecule has 2 aromatic carbocycles. The Morgan fingerprint density at radius 3 is 1.25 bits per heavy atom. The maximum atomic E-state index is 12.5. The van der Waals surface area contributed by atoms with Gasteiger partial charge < -0.3 is 0 Å². The first kappa shape index (κ1) is 19.4. The SMILES string of the molecule is CC[AsH](O)(O)c1ccc(C(=O)c2ccc([AsH](O)(O)CC)cc2)cc1. The summed E-state index contributed by atoms with van der Waals surface area (Å²) in [4.78, 5) is 12.5. The molecule has 0 amide bonds. The fraction of sp³-hybridized carbons (Fsp3) is 0.235. The fourth-order valence-corrected chi connectivity index (χ4v) is 7.00. The van der Waals surface area contributed by atoms with Crippen LogP contribution in [0.25, 0.3) is 0 Å². The quantitative estimate of drug-likeness (QED) is 0.352. The van der Waals surface area contributed by atoms with Gasteiger partial charge in [-0.05, 0) is 0 Å². The summed E-state index contributed by atoms with van der Waals surface area (Å²) in [6.45, 7) is 3.48. The van der Waals surface area contributed by atoms with Crippen LogP contribution in [0.4, 0.5) is 0 Å². The molecule has 0 radical (unpaired) electrons. The molecule has 0 saturated heterocycles. The molecular weight excluding hydrogens is 434 g/mol. The molecule has 0 spiro atoms. The third-order valence-corrected chi connectivity index (χ3v) is 13.6. The van der Waals surface area contributed by atoms with Crippen LogP contribution in [-0.2, 0) is 0 Å². The molecule has 0 aromatic heterocycles. The molecule has 0 heterocycles. The number of carbonyl (C=O) groups excluding carboxylic acids is 1. The van der Waals surface area contributed by atoms with Gasteiger partial charge in [0.1, 0.15) is 0 Å². The molecule has 5 nitrogen and oxygen atoms in total. The van der Waals surface area contributed by atoms with Crippen LogP contribution in [0.1, 0.15) is 29.8 Å². The van der Waals surface area contributed by atoms with Crippen molar-refractivity contribution in [2.24, 2.45) is 0 Å².